The lowest BCUT2D eigenvalue weighted by molar-refractivity contribution is -0.921. The average molecular weight is 363 g/mol. The maximum absolute atomic E-state index is 12.1. The first kappa shape index (κ1) is 17.2. The van der Waals surface area contributed by atoms with Crippen LogP contribution >= 0.6 is 34.8 Å². The van der Waals surface area contributed by atoms with Crippen LogP contribution in [0.2, 0.25) is 0 Å². The fourth-order valence-electron chi connectivity index (χ4n) is 2.11. The van der Waals surface area contributed by atoms with E-state index < -0.39 is 15.9 Å². The van der Waals surface area contributed by atoms with Crippen LogP contribution in [0.3, 0.4) is 0 Å². The van der Waals surface area contributed by atoms with Gasteiger partial charge in [-0.3, -0.25) is 10.1 Å². The minimum Gasteiger partial charge on any atom is -0.459 e. The van der Waals surface area contributed by atoms with Crippen LogP contribution in [0.1, 0.15) is 16.1 Å². The molecule has 2 aromatic rings. The smallest absolute Gasteiger partial charge is 0.291 e. The molecule has 0 aliphatic carbocycles. The fraction of sp³-hybridized carbons (Fsp3) is 0.267. The number of nitrogens with one attached hydrogen (secondary N) is 2. The van der Waals surface area contributed by atoms with Gasteiger partial charge < -0.3 is 9.32 Å². The van der Waals surface area contributed by atoms with Crippen LogP contribution < -0.4 is 10.2 Å². The molecule has 0 saturated heterocycles. The first-order valence-electron chi connectivity index (χ1n) is 6.65. The van der Waals surface area contributed by atoms with Gasteiger partial charge in [0, 0.05) is 5.56 Å². The van der Waals surface area contributed by atoms with Gasteiger partial charge in [-0.15, -0.1) is 0 Å². The Morgan fingerprint density at radius 1 is 1.23 bits per heavy atom. The van der Waals surface area contributed by atoms with Gasteiger partial charge in [0.25, 0.3) is 9.70 Å². The highest BCUT2D eigenvalue weighted by Crippen LogP contribution is 2.28. The van der Waals surface area contributed by atoms with Gasteiger partial charge in [0.05, 0.1) is 13.3 Å². The lowest BCUT2D eigenvalue weighted by atomic mass is 10.2. The highest BCUT2D eigenvalue weighted by atomic mass is 35.6. The number of halogens is 3. The number of furan rings is 1. The quantitative estimate of drug-likeness (QED) is 0.634. The Labute approximate surface area is 143 Å². The third-order valence-electron chi connectivity index (χ3n) is 3.17. The number of quaternary nitrogens is 1. The highest BCUT2D eigenvalue weighted by molar-refractivity contribution is 6.68. The topological polar surface area (TPSA) is 46.7 Å². The Morgan fingerprint density at radius 2 is 1.91 bits per heavy atom. The number of hydrogen-bond acceptors (Lipinski definition) is 2. The molecule has 1 heterocycles. The number of amides is 1. The fourth-order valence-corrected chi connectivity index (χ4v) is 2.84. The van der Waals surface area contributed by atoms with Gasteiger partial charge >= 0.3 is 0 Å². The van der Waals surface area contributed by atoms with E-state index in [1.54, 1.807) is 12.1 Å². The van der Waals surface area contributed by atoms with Crippen LogP contribution in [0, 0.1) is 0 Å². The molecule has 7 heteroatoms. The van der Waals surface area contributed by atoms with Crippen molar-refractivity contribution >= 4 is 40.7 Å². The summed E-state index contributed by atoms with van der Waals surface area (Å²) in [6.45, 7) is 0.595. The third kappa shape index (κ3) is 4.65. The van der Waals surface area contributed by atoms with Gasteiger partial charge in [0.15, 0.2) is 5.76 Å². The normalized spacial score (nSPS) is 14.4. The third-order valence-corrected chi connectivity index (χ3v) is 3.82. The molecule has 0 aliphatic rings. The number of carbonyl (C=O) groups excluding carboxylic acids is 1. The van der Waals surface area contributed by atoms with Crippen molar-refractivity contribution in [2.75, 3.05) is 7.05 Å². The molecule has 2 N–H and O–H groups in total. The second kappa shape index (κ2) is 7.38. The molecule has 1 aromatic heterocycles. The molecule has 0 aliphatic heterocycles. The zero-order chi connectivity index (χ0) is 16.2. The van der Waals surface area contributed by atoms with Crippen molar-refractivity contribution in [1.82, 2.24) is 5.32 Å². The van der Waals surface area contributed by atoms with E-state index in [2.05, 4.69) is 5.32 Å². The molecule has 118 valence electrons. The van der Waals surface area contributed by atoms with E-state index in [1.807, 2.05) is 37.4 Å². The molecule has 2 atom stereocenters. The largest absolute Gasteiger partial charge is 0.459 e. The summed E-state index contributed by atoms with van der Waals surface area (Å²) < 4.78 is 3.40. The van der Waals surface area contributed by atoms with Crippen LogP contribution in [0.5, 0.6) is 0 Å². The summed E-state index contributed by atoms with van der Waals surface area (Å²) in [6, 6.07) is 12.9. The van der Waals surface area contributed by atoms with E-state index in [-0.39, 0.29) is 5.76 Å². The second-order valence-electron chi connectivity index (χ2n) is 4.93. The molecule has 0 spiro atoms. The molecule has 1 aromatic carbocycles. The number of rotatable bonds is 5. The summed E-state index contributed by atoms with van der Waals surface area (Å²) in [5.74, 6) is -0.250. The van der Waals surface area contributed by atoms with Gasteiger partial charge in [-0.1, -0.05) is 65.1 Å². The standard InChI is InChI=1S/C15H15Cl3N2O2/c1-20(10-11-6-3-2-4-7-11)14(15(16,17)18)19-13(21)12-8-5-9-22-12/h2-9,14H,10H2,1H3,(H,19,21)/p+1/t14-/m0/s1. The summed E-state index contributed by atoms with van der Waals surface area (Å²) >= 11 is 18.1. The lowest BCUT2D eigenvalue weighted by Gasteiger charge is -2.30. The molecule has 0 fully saturated rings. The first-order valence-corrected chi connectivity index (χ1v) is 7.78. The minimum atomic E-state index is -1.65. The van der Waals surface area contributed by atoms with Crippen LogP contribution in [-0.2, 0) is 6.54 Å². The van der Waals surface area contributed by atoms with Crippen LogP contribution in [0.15, 0.2) is 53.1 Å². The predicted molar refractivity (Wildman–Crippen MR) is 87.3 cm³/mol. The average Bonchev–Trinajstić information content (AvgIpc) is 2.98. The first-order chi connectivity index (χ1) is 10.4. The molecular weight excluding hydrogens is 347 g/mol. The lowest BCUT2D eigenvalue weighted by Crippen LogP contribution is -3.15. The maximum atomic E-state index is 12.1. The summed E-state index contributed by atoms with van der Waals surface area (Å²) in [6.07, 6.45) is 0.690. The van der Waals surface area contributed by atoms with E-state index in [4.69, 9.17) is 39.2 Å². The number of alkyl halides is 3. The van der Waals surface area contributed by atoms with Gasteiger partial charge in [-0.05, 0) is 12.1 Å². The van der Waals surface area contributed by atoms with Crippen molar-refractivity contribution in [2.24, 2.45) is 0 Å². The minimum absolute atomic E-state index is 0.173. The van der Waals surface area contributed by atoms with Crippen molar-refractivity contribution in [3.63, 3.8) is 0 Å². The molecular formula is C15H16Cl3N2O2+. The SMILES string of the molecule is C[NH+](Cc1ccccc1)[C@H](NC(=O)c1ccco1)C(Cl)(Cl)Cl. The Morgan fingerprint density at radius 3 is 2.45 bits per heavy atom. The summed E-state index contributed by atoms with van der Waals surface area (Å²) in [5.41, 5.74) is 1.08. The Hall–Kier alpha value is -1.20. The molecule has 0 bridgehead atoms. The van der Waals surface area contributed by atoms with Crippen molar-refractivity contribution in [3.05, 3.63) is 60.1 Å². The van der Waals surface area contributed by atoms with E-state index in [0.29, 0.717) is 6.54 Å². The van der Waals surface area contributed by atoms with Gasteiger partial charge in [0.2, 0.25) is 6.17 Å². The molecule has 2 rings (SSSR count). The van der Waals surface area contributed by atoms with Crippen molar-refractivity contribution in [3.8, 4) is 0 Å². The Balaban J connectivity index is 2.10. The summed E-state index contributed by atoms with van der Waals surface area (Å²) in [4.78, 5) is 13.0. The Kier molecular flexibility index (Phi) is 5.75. The number of carbonyl (C=O) groups is 1. The van der Waals surface area contributed by atoms with Crippen molar-refractivity contribution in [1.29, 1.82) is 0 Å². The number of benzene rings is 1. The highest BCUT2D eigenvalue weighted by Gasteiger charge is 2.41. The maximum Gasteiger partial charge on any atom is 0.291 e. The van der Waals surface area contributed by atoms with E-state index in [1.165, 1.54) is 6.26 Å². The van der Waals surface area contributed by atoms with Crippen LogP contribution in [0.4, 0.5) is 0 Å². The molecule has 22 heavy (non-hydrogen) atoms. The van der Waals surface area contributed by atoms with Gasteiger partial charge in [0.1, 0.15) is 6.54 Å². The zero-order valence-electron chi connectivity index (χ0n) is 11.9. The van der Waals surface area contributed by atoms with Crippen molar-refractivity contribution < 1.29 is 14.1 Å². The van der Waals surface area contributed by atoms with Crippen LogP contribution in [-0.4, -0.2) is 22.9 Å². The monoisotopic (exact) mass is 361 g/mol. The second-order valence-corrected chi connectivity index (χ2v) is 7.30. The summed E-state index contributed by atoms with van der Waals surface area (Å²) in [5, 5.41) is 2.71. The van der Waals surface area contributed by atoms with Gasteiger partial charge in [-0.2, -0.15) is 0 Å². The molecule has 1 amide bonds. The van der Waals surface area contributed by atoms with E-state index in [9.17, 15) is 4.79 Å². The number of hydrogen-bond donors (Lipinski definition) is 2. The van der Waals surface area contributed by atoms with E-state index >= 15 is 0 Å². The molecule has 0 radical (unpaired) electrons. The Bertz CT molecular complexity index is 597. The van der Waals surface area contributed by atoms with Crippen molar-refractivity contribution in [2.45, 2.75) is 16.5 Å². The molecule has 4 nitrogen and oxygen atoms in total. The zero-order valence-corrected chi connectivity index (χ0v) is 14.1. The molecule has 0 saturated carbocycles. The van der Waals surface area contributed by atoms with E-state index in [0.717, 1.165) is 10.5 Å². The predicted octanol–water partition coefficient (Wildman–Crippen LogP) is 2.42. The molecule has 1 unspecified atom stereocenters. The van der Waals surface area contributed by atoms with Gasteiger partial charge in [-0.25, -0.2) is 0 Å². The van der Waals surface area contributed by atoms with Crippen LogP contribution in [0.25, 0.3) is 0 Å². The summed E-state index contributed by atoms with van der Waals surface area (Å²) in [7, 11) is 1.85.